The van der Waals surface area contributed by atoms with Crippen molar-refractivity contribution in [3.05, 3.63) is 18.7 Å². The number of fused-ring (bicyclic) bond motifs is 1. The van der Waals surface area contributed by atoms with Crippen LogP contribution in [0.25, 0.3) is 5.65 Å². The van der Waals surface area contributed by atoms with Gasteiger partial charge in [0.05, 0.1) is 0 Å². The lowest BCUT2D eigenvalue weighted by Crippen LogP contribution is -2.06. The van der Waals surface area contributed by atoms with E-state index < -0.39 is 5.97 Å². The highest BCUT2D eigenvalue weighted by atomic mass is 16.4. The van der Waals surface area contributed by atoms with Crippen molar-refractivity contribution in [3.63, 3.8) is 0 Å². The van der Waals surface area contributed by atoms with Crippen LogP contribution < -0.4 is 5.32 Å². The van der Waals surface area contributed by atoms with E-state index in [4.69, 9.17) is 5.11 Å². The second-order valence-electron chi connectivity index (χ2n) is 3.62. The molecule has 2 rings (SSSR count). The Morgan fingerprint density at radius 2 is 2.35 bits per heavy atom. The maximum atomic E-state index is 10.3. The van der Waals surface area contributed by atoms with Crippen LogP contribution in [-0.4, -0.2) is 37.2 Å². The molecule has 0 spiro atoms. The Morgan fingerprint density at radius 3 is 3.18 bits per heavy atom. The minimum absolute atomic E-state index is 0.199. The maximum absolute atomic E-state index is 10.3. The van der Waals surface area contributed by atoms with E-state index in [0.29, 0.717) is 24.4 Å². The van der Waals surface area contributed by atoms with Crippen LogP contribution >= 0.6 is 0 Å². The minimum Gasteiger partial charge on any atom is -0.481 e. The number of unbranched alkanes of at least 4 members (excludes halogenated alkanes) is 1. The van der Waals surface area contributed by atoms with Gasteiger partial charge in [0.15, 0.2) is 5.82 Å². The Morgan fingerprint density at radius 1 is 1.47 bits per heavy atom. The van der Waals surface area contributed by atoms with Crippen LogP contribution in [0.4, 0.5) is 5.82 Å². The van der Waals surface area contributed by atoms with Crippen LogP contribution in [0.1, 0.15) is 19.3 Å². The molecule has 0 atom stereocenters. The molecular formula is C10H13N5O2. The van der Waals surface area contributed by atoms with Crippen molar-refractivity contribution in [2.24, 2.45) is 0 Å². The standard InChI is InChI=1S/C10H13N5O2/c16-8(17)3-1-2-4-11-9-10-14-13-7-15(10)6-5-12-9/h5-7H,1-4H2,(H,11,12)(H,16,17). The molecule has 0 amide bonds. The summed E-state index contributed by atoms with van der Waals surface area (Å²) in [6, 6.07) is 0. The number of carboxylic acids is 1. The van der Waals surface area contributed by atoms with Gasteiger partial charge in [-0.25, -0.2) is 4.98 Å². The molecule has 0 fully saturated rings. The summed E-state index contributed by atoms with van der Waals surface area (Å²) in [4.78, 5) is 14.5. The van der Waals surface area contributed by atoms with Gasteiger partial charge in [0.1, 0.15) is 6.33 Å². The summed E-state index contributed by atoms with van der Waals surface area (Å²) >= 11 is 0. The number of nitrogens with one attached hydrogen (secondary N) is 1. The fourth-order valence-electron chi connectivity index (χ4n) is 1.49. The molecule has 2 aromatic rings. The molecule has 7 heteroatoms. The summed E-state index contributed by atoms with van der Waals surface area (Å²) in [6.07, 6.45) is 6.67. The zero-order valence-corrected chi connectivity index (χ0v) is 9.20. The molecule has 0 radical (unpaired) electrons. The topological polar surface area (TPSA) is 92.4 Å². The van der Waals surface area contributed by atoms with Gasteiger partial charge >= 0.3 is 5.97 Å². The van der Waals surface area contributed by atoms with E-state index in [0.717, 1.165) is 6.42 Å². The fraction of sp³-hybridized carbons (Fsp3) is 0.400. The zero-order chi connectivity index (χ0) is 12.1. The number of aromatic nitrogens is 4. The number of carbonyl (C=O) groups is 1. The highest BCUT2D eigenvalue weighted by Gasteiger charge is 2.03. The molecule has 0 aromatic carbocycles. The Kier molecular flexibility index (Phi) is 3.49. The quantitative estimate of drug-likeness (QED) is 0.719. The molecule has 0 saturated heterocycles. The van der Waals surface area contributed by atoms with Crippen molar-refractivity contribution in [1.29, 1.82) is 0 Å². The molecule has 0 bridgehead atoms. The molecule has 7 nitrogen and oxygen atoms in total. The van der Waals surface area contributed by atoms with Crippen LogP contribution in [0.15, 0.2) is 18.7 Å². The molecule has 0 aliphatic carbocycles. The van der Waals surface area contributed by atoms with Gasteiger partial charge in [-0.3, -0.25) is 9.20 Å². The Labute approximate surface area is 97.5 Å². The largest absolute Gasteiger partial charge is 0.481 e. The lowest BCUT2D eigenvalue weighted by molar-refractivity contribution is -0.137. The minimum atomic E-state index is -0.761. The van der Waals surface area contributed by atoms with Crippen molar-refractivity contribution >= 4 is 17.4 Å². The van der Waals surface area contributed by atoms with Crippen LogP contribution in [0.3, 0.4) is 0 Å². The number of hydrogen-bond acceptors (Lipinski definition) is 5. The first-order valence-electron chi connectivity index (χ1n) is 5.37. The highest BCUT2D eigenvalue weighted by Crippen LogP contribution is 2.09. The van der Waals surface area contributed by atoms with Gasteiger partial charge in [0, 0.05) is 25.4 Å². The van der Waals surface area contributed by atoms with E-state index in [1.165, 1.54) is 0 Å². The first-order chi connectivity index (χ1) is 8.27. The third-order valence-corrected chi connectivity index (χ3v) is 2.33. The Hall–Kier alpha value is -2.18. The summed E-state index contributed by atoms with van der Waals surface area (Å²) in [6.45, 7) is 0.673. The van der Waals surface area contributed by atoms with E-state index in [1.54, 1.807) is 23.1 Å². The van der Waals surface area contributed by atoms with Gasteiger partial charge in [-0.15, -0.1) is 10.2 Å². The van der Waals surface area contributed by atoms with Crippen LogP contribution in [0.2, 0.25) is 0 Å². The summed E-state index contributed by atoms with van der Waals surface area (Å²) < 4.78 is 1.77. The van der Waals surface area contributed by atoms with Gasteiger partial charge in [0.25, 0.3) is 0 Å². The van der Waals surface area contributed by atoms with Gasteiger partial charge in [-0.05, 0) is 12.8 Å². The third kappa shape index (κ3) is 2.90. The molecular weight excluding hydrogens is 222 g/mol. The summed E-state index contributed by atoms with van der Waals surface area (Å²) in [5.41, 5.74) is 0.672. The van der Waals surface area contributed by atoms with Crippen LogP contribution in [0.5, 0.6) is 0 Å². The smallest absolute Gasteiger partial charge is 0.303 e. The molecule has 0 aliphatic rings. The van der Waals surface area contributed by atoms with Gasteiger partial charge < -0.3 is 10.4 Å². The van der Waals surface area contributed by atoms with Crippen LogP contribution in [-0.2, 0) is 4.79 Å². The summed E-state index contributed by atoms with van der Waals surface area (Å²) in [5, 5.41) is 19.3. The Bertz CT molecular complexity index is 510. The van der Waals surface area contributed by atoms with Crippen molar-refractivity contribution in [3.8, 4) is 0 Å². The van der Waals surface area contributed by atoms with Crippen molar-refractivity contribution in [2.75, 3.05) is 11.9 Å². The first kappa shape index (κ1) is 11.3. The van der Waals surface area contributed by atoms with Gasteiger partial charge in [-0.2, -0.15) is 0 Å². The lowest BCUT2D eigenvalue weighted by Gasteiger charge is -2.05. The first-order valence-corrected chi connectivity index (χ1v) is 5.37. The maximum Gasteiger partial charge on any atom is 0.303 e. The van der Waals surface area contributed by atoms with Crippen molar-refractivity contribution < 1.29 is 9.90 Å². The second kappa shape index (κ2) is 5.24. The SMILES string of the molecule is O=C(O)CCCCNc1nccn2cnnc12. The zero-order valence-electron chi connectivity index (χ0n) is 9.20. The number of aliphatic carboxylic acids is 1. The number of nitrogens with zero attached hydrogens (tertiary/aromatic N) is 4. The molecule has 17 heavy (non-hydrogen) atoms. The Balaban J connectivity index is 1.86. The van der Waals surface area contributed by atoms with E-state index in [2.05, 4.69) is 20.5 Å². The van der Waals surface area contributed by atoms with Crippen molar-refractivity contribution in [2.45, 2.75) is 19.3 Å². The van der Waals surface area contributed by atoms with E-state index >= 15 is 0 Å². The van der Waals surface area contributed by atoms with Gasteiger partial charge in [0.2, 0.25) is 5.65 Å². The molecule has 2 heterocycles. The molecule has 90 valence electrons. The van der Waals surface area contributed by atoms with E-state index in [9.17, 15) is 4.79 Å². The number of hydrogen-bond donors (Lipinski definition) is 2. The average Bonchev–Trinajstić information content (AvgIpc) is 2.77. The predicted molar refractivity (Wildman–Crippen MR) is 60.8 cm³/mol. The van der Waals surface area contributed by atoms with Crippen molar-refractivity contribution in [1.82, 2.24) is 19.6 Å². The lowest BCUT2D eigenvalue weighted by atomic mass is 10.2. The van der Waals surface area contributed by atoms with Gasteiger partial charge in [-0.1, -0.05) is 0 Å². The number of rotatable bonds is 6. The number of anilines is 1. The molecule has 0 unspecified atom stereocenters. The predicted octanol–water partition coefficient (Wildman–Crippen LogP) is 0.791. The molecule has 0 saturated carbocycles. The van der Waals surface area contributed by atoms with E-state index in [-0.39, 0.29) is 6.42 Å². The second-order valence-corrected chi connectivity index (χ2v) is 3.62. The average molecular weight is 235 g/mol. The summed E-state index contributed by atoms with van der Waals surface area (Å²) in [7, 11) is 0. The van der Waals surface area contributed by atoms with E-state index in [1.807, 2.05) is 0 Å². The third-order valence-electron chi connectivity index (χ3n) is 2.33. The monoisotopic (exact) mass is 235 g/mol. The highest BCUT2D eigenvalue weighted by molar-refractivity contribution is 5.66. The summed E-state index contributed by atoms with van der Waals surface area (Å²) in [5.74, 6) is -0.0944. The normalized spacial score (nSPS) is 10.6. The fourth-order valence-corrected chi connectivity index (χ4v) is 1.49. The molecule has 2 aromatic heterocycles. The van der Waals surface area contributed by atoms with Crippen LogP contribution in [0, 0.1) is 0 Å². The molecule has 0 aliphatic heterocycles. The molecule has 2 N–H and O–H groups in total. The number of carboxylic acid groups (broad SMARTS) is 1.